The second-order valence-electron chi connectivity index (χ2n) is 6.21. The van der Waals surface area contributed by atoms with Crippen LogP contribution in [-0.4, -0.2) is 69.3 Å². The maximum Gasteiger partial charge on any atom is 0.337 e. The van der Waals surface area contributed by atoms with Crippen molar-refractivity contribution in [3.05, 3.63) is 29.6 Å². The average molecular weight is 293 g/mol. The molecule has 2 N–H and O–H groups in total. The van der Waals surface area contributed by atoms with Gasteiger partial charge in [0.15, 0.2) is 0 Å². The van der Waals surface area contributed by atoms with Crippen LogP contribution in [0.25, 0.3) is 0 Å². The molecule has 2 rings (SSSR count). The Labute approximate surface area is 125 Å². The van der Waals surface area contributed by atoms with E-state index in [1.807, 2.05) is 13.8 Å². The first kappa shape index (κ1) is 15.9. The van der Waals surface area contributed by atoms with Gasteiger partial charge in [-0.2, -0.15) is 0 Å². The number of hydrogen-bond donors (Lipinski definition) is 2. The molecule has 0 spiro atoms. The molecule has 1 fully saturated rings. The normalized spacial score (nSPS) is 17.9. The van der Waals surface area contributed by atoms with E-state index in [0.29, 0.717) is 6.54 Å². The summed E-state index contributed by atoms with van der Waals surface area (Å²) in [7, 11) is 0. The van der Waals surface area contributed by atoms with Crippen molar-refractivity contribution in [2.75, 3.05) is 32.7 Å². The molecule has 1 aliphatic rings. The summed E-state index contributed by atoms with van der Waals surface area (Å²) in [5, 5.41) is 18.7. The van der Waals surface area contributed by atoms with Crippen LogP contribution in [0.5, 0.6) is 0 Å². The number of aliphatic hydroxyl groups is 1. The Kier molecular flexibility index (Phi) is 4.92. The van der Waals surface area contributed by atoms with Crippen molar-refractivity contribution in [3.63, 3.8) is 0 Å². The number of aromatic nitrogens is 1. The van der Waals surface area contributed by atoms with Crippen LogP contribution in [0.1, 0.15) is 29.9 Å². The first-order valence-electron chi connectivity index (χ1n) is 7.19. The summed E-state index contributed by atoms with van der Waals surface area (Å²) in [6.07, 6.45) is 1.40. The molecule has 0 bridgehead atoms. The summed E-state index contributed by atoms with van der Waals surface area (Å²) in [5.74, 6) is -0.950. The molecule has 6 nitrogen and oxygen atoms in total. The predicted octanol–water partition coefficient (Wildman–Crippen LogP) is 0.668. The van der Waals surface area contributed by atoms with Crippen molar-refractivity contribution in [1.82, 2.24) is 14.8 Å². The molecule has 2 heterocycles. The first-order chi connectivity index (χ1) is 9.83. The number of rotatable bonds is 5. The van der Waals surface area contributed by atoms with Gasteiger partial charge in [-0.15, -0.1) is 0 Å². The molecule has 0 amide bonds. The van der Waals surface area contributed by atoms with Gasteiger partial charge >= 0.3 is 5.97 Å². The number of piperazine rings is 1. The van der Waals surface area contributed by atoms with Gasteiger partial charge in [-0.3, -0.25) is 14.8 Å². The zero-order chi connectivity index (χ0) is 15.5. The van der Waals surface area contributed by atoms with Crippen LogP contribution in [0.15, 0.2) is 18.3 Å². The molecule has 1 aliphatic heterocycles. The fourth-order valence-electron chi connectivity index (χ4n) is 2.53. The lowest BCUT2D eigenvalue weighted by Gasteiger charge is -2.37. The SMILES string of the molecule is CC(C)(O)CN1CCN(Cc2ccc(C(=O)O)cn2)CC1. The molecule has 0 atom stereocenters. The van der Waals surface area contributed by atoms with Gasteiger partial charge in [0.2, 0.25) is 0 Å². The molecule has 116 valence electrons. The Morgan fingerprint density at radius 3 is 2.33 bits per heavy atom. The van der Waals surface area contributed by atoms with Gasteiger partial charge in [0, 0.05) is 45.5 Å². The average Bonchev–Trinajstić information content (AvgIpc) is 2.40. The highest BCUT2D eigenvalue weighted by molar-refractivity contribution is 5.87. The number of hydrogen-bond acceptors (Lipinski definition) is 5. The van der Waals surface area contributed by atoms with Crippen LogP contribution in [-0.2, 0) is 6.54 Å². The second kappa shape index (κ2) is 6.51. The largest absolute Gasteiger partial charge is 0.478 e. The van der Waals surface area contributed by atoms with Crippen LogP contribution >= 0.6 is 0 Å². The maximum absolute atomic E-state index is 10.8. The summed E-state index contributed by atoms with van der Waals surface area (Å²) in [5.41, 5.74) is 0.445. The molecule has 0 aromatic carbocycles. The van der Waals surface area contributed by atoms with E-state index < -0.39 is 11.6 Å². The highest BCUT2D eigenvalue weighted by Crippen LogP contribution is 2.11. The number of carboxylic acids is 1. The number of carbonyl (C=O) groups is 1. The van der Waals surface area contributed by atoms with Crippen LogP contribution < -0.4 is 0 Å². The highest BCUT2D eigenvalue weighted by atomic mass is 16.4. The van der Waals surface area contributed by atoms with E-state index in [-0.39, 0.29) is 5.56 Å². The minimum atomic E-state index is -0.950. The molecular formula is C15H23N3O3. The van der Waals surface area contributed by atoms with Gasteiger partial charge in [-0.1, -0.05) is 0 Å². The van der Waals surface area contributed by atoms with E-state index in [1.54, 1.807) is 12.1 Å². The van der Waals surface area contributed by atoms with Gasteiger partial charge in [0.25, 0.3) is 0 Å². The van der Waals surface area contributed by atoms with E-state index in [4.69, 9.17) is 5.11 Å². The van der Waals surface area contributed by atoms with E-state index in [0.717, 1.165) is 38.4 Å². The molecule has 21 heavy (non-hydrogen) atoms. The molecule has 0 saturated carbocycles. The van der Waals surface area contributed by atoms with Crippen LogP contribution in [0.3, 0.4) is 0 Å². The third-order valence-electron chi connectivity index (χ3n) is 3.53. The fourth-order valence-corrected chi connectivity index (χ4v) is 2.53. The Hall–Kier alpha value is -1.50. The monoisotopic (exact) mass is 293 g/mol. The van der Waals surface area contributed by atoms with Gasteiger partial charge in [-0.25, -0.2) is 4.79 Å². The predicted molar refractivity (Wildman–Crippen MR) is 79.2 cm³/mol. The molecule has 1 saturated heterocycles. The van der Waals surface area contributed by atoms with Crippen LogP contribution in [0.2, 0.25) is 0 Å². The van der Waals surface area contributed by atoms with Crippen molar-refractivity contribution in [2.45, 2.75) is 26.0 Å². The molecule has 1 aromatic rings. The van der Waals surface area contributed by atoms with Crippen LogP contribution in [0.4, 0.5) is 0 Å². The number of aromatic carboxylic acids is 1. The third-order valence-corrected chi connectivity index (χ3v) is 3.53. The van der Waals surface area contributed by atoms with Gasteiger partial charge in [0.1, 0.15) is 0 Å². The Bertz CT molecular complexity index is 474. The molecule has 6 heteroatoms. The minimum absolute atomic E-state index is 0.216. The molecule has 0 aliphatic carbocycles. The molecule has 0 radical (unpaired) electrons. The van der Waals surface area contributed by atoms with Crippen LogP contribution in [0, 0.1) is 0 Å². The van der Waals surface area contributed by atoms with Gasteiger partial charge in [-0.05, 0) is 26.0 Å². The smallest absolute Gasteiger partial charge is 0.337 e. The topological polar surface area (TPSA) is 76.9 Å². The maximum atomic E-state index is 10.8. The second-order valence-corrected chi connectivity index (χ2v) is 6.21. The van der Waals surface area contributed by atoms with E-state index in [1.165, 1.54) is 6.20 Å². The third kappa shape index (κ3) is 5.08. The zero-order valence-corrected chi connectivity index (χ0v) is 12.6. The summed E-state index contributed by atoms with van der Waals surface area (Å²) in [4.78, 5) is 19.5. The van der Waals surface area contributed by atoms with Crippen molar-refractivity contribution < 1.29 is 15.0 Å². The Morgan fingerprint density at radius 1 is 1.24 bits per heavy atom. The van der Waals surface area contributed by atoms with Crippen molar-refractivity contribution in [1.29, 1.82) is 0 Å². The number of carboxylic acid groups (broad SMARTS) is 1. The minimum Gasteiger partial charge on any atom is -0.478 e. The standard InChI is InChI=1S/C15H23N3O3/c1-15(2,21)11-18-7-5-17(6-8-18)10-13-4-3-12(9-16-13)14(19)20/h3-4,9,21H,5-8,10-11H2,1-2H3,(H,19,20). The Morgan fingerprint density at radius 2 is 1.86 bits per heavy atom. The van der Waals surface area contributed by atoms with Crippen molar-refractivity contribution in [2.24, 2.45) is 0 Å². The van der Waals surface area contributed by atoms with Gasteiger partial charge < -0.3 is 10.2 Å². The number of nitrogens with zero attached hydrogens (tertiary/aromatic N) is 3. The summed E-state index contributed by atoms with van der Waals surface area (Å²) in [6, 6.07) is 3.36. The van der Waals surface area contributed by atoms with Crippen molar-refractivity contribution in [3.8, 4) is 0 Å². The summed E-state index contributed by atoms with van der Waals surface area (Å²) in [6.45, 7) is 8.79. The van der Waals surface area contributed by atoms with E-state index >= 15 is 0 Å². The number of pyridine rings is 1. The summed E-state index contributed by atoms with van der Waals surface area (Å²) < 4.78 is 0. The lowest BCUT2D eigenvalue weighted by molar-refractivity contribution is 0.0165. The zero-order valence-electron chi connectivity index (χ0n) is 12.6. The van der Waals surface area contributed by atoms with E-state index in [9.17, 15) is 9.90 Å². The summed E-state index contributed by atoms with van der Waals surface area (Å²) >= 11 is 0. The Balaban J connectivity index is 1.82. The lowest BCUT2D eigenvalue weighted by Crippen LogP contribution is -2.50. The number of β-amino-alcohol motifs (C(OH)–C–C–N with tert-alkyl or cyclic N) is 1. The van der Waals surface area contributed by atoms with Crippen molar-refractivity contribution >= 4 is 5.97 Å². The fraction of sp³-hybridized carbons (Fsp3) is 0.600. The van der Waals surface area contributed by atoms with Gasteiger partial charge in [0.05, 0.1) is 16.9 Å². The first-order valence-corrected chi connectivity index (χ1v) is 7.19. The molecular weight excluding hydrogens is 270 g/mol. The quantitative estimate of drug-likeness (QED) is 0.831. The highest BCUT2D eigenvalue weighted by Gasteiger charge is 2.22. The lowest BCUT2D eigenvalue weighted by atomic mass is 10.1. The molecule has 0 unspecified atom stereocenters. The molecule has 1 aromatic heterocycles. The van der Waals surface area contributed by atoms with E-state index in [2.05, 4.69) is 14.8 Å².